The third kappa shape index (κ3) is 4.51. The highest BCUT2D eigenvalue weighted by molar-refractivity contribution is 7.99. The van der Waals surface area contributed by atoms with E-state index >= 15 is 0 Å². The van der Waals surface area contributed by atoms with Crippen LogP contribution in [-0.4, -0.2) is 23.2 Å². The van der Waals surface area contributed by atoms with Crippen molar-refractivity contribution in [3.63, 3.8) is 0 Å². The van der Waals surface area contributed by atoms with Gasteiger partial charge in [0.25, 0.3) is 0 Å². The number of rotatable bonds is 4. The Hall–Kier alpha value is -3.06. The molecule has 0 saturated carbocycles. The summed E-state index contributed by atoms with van der Waals surface area (Å²) in [6.07, 6.45) is 0. The zero-order valence-electron chi connectivity index (χ0n) is 15.3. The molecule has 1 heterocycles. The van der Waals surface area contributed by atoms with E-state index in [4.69, 9.17) is 4.74 Å². The fourth-order valence-corrected chi connectivity index (χ4v) is 4.33. The number of hydrogen-bond acceptors (Lipinski definition) is 3. The van der Waals surface area contributed by atoms with E-state index in [1.807, 2.05) is 54.6 Å². The van der Waals surface area contributed by atoms with Crippen molar-refractivity contribution in [3.8, 4) is 11.5 Å². The lowest BCUT2D eigenvalue weighted by Gasteiger charge is -2.24. The van der Waals surface area contributed by atoms with Crippen molar-refractivity contribution < 1.29 is 18.3 Å². The molecule has 3 aromatic carbocycles. The second kappa shape index (κ2) is 8.53. The van der Waals surface area contributed by atoms with E-state index in [1.165, 1.54) is 6.07 Å². The van der Waals surface area contributed by atoms with Crippen molar-refractivity contribution in [1.29, 1.82) is 0 Å². The Kier molecular flexibility index (Phi) is 5.67. The quantitative estimate of drug-likeness (QED) is 0.568. The number of anilines is 1. The van der Waals surface area contributed by atoms with E-state index in [0.717, 1.165) is 29.2 Å². The molecule has 0 radical (unpaired) electrons. The second-order valence-corrected chi connectivity index (χ2v) is 7.65. The largest absolute Gasteiger partial charge is 0.457 e. The van der Waals surface area contributed by atoms with Crippen LogP contribution < -0.4 is 10.1 Å². The fraction of sp³-hybridized carbons (Fsp3) is 0.136. The molecule has 0 aliphatic carbocycles. The molecule has 29 heavy (non-hydrogen) atoms. The molecule has 0 unspecified atom stereocenters. The monoisotopic (exact) mass is 412 g/mol. The molecule has 0 spiro atoms. The van der Waals surface area contributed by atoms with Gasteiger partial charge in [-0.3, -0.25) is 0 Å². The molecule has 0 aromatic heterocycles. The fourth-order valence-electron chi connectivity index (χ4n) is 3.08. The molecule has 1 aliphatic heterocycles. The van der Waals surface area contributed by atoms with Crippen molar-refractivity contribution >= 4 is 23.5 Å². The smallest absolute Gasteiger partial charge is 0.323 e. The Balaban J connectivity index is 1.49. The van der Waals surface area contributed by atoms with E-state index in [9.17, 15) is 13.6 Å². The molecule has 7 heteroatoms. The lowest BCUT2D eigenvalue weighted by Crippen LogP contribution is -2.34. The highest BCUT2D eigenvalue weighted by Crippen LogP contribution is 2.39. The number of thioether (sulfide) groups is 1. The maximum Gasteiger partial charge on any atom is 0.323 e. The summed E-state index contributed by atoms with van der Waals surface area (Å²) in [5.41, 5.74) is 1.15. The minimum Gasteiger partial charge on any atom is -0.457 e. The summed E-state index contributed by atoms with van der Waals surface area (Å²) in [6, 6.07) is 20.0. The number of nitrogens with one attached hydrogen (secondary N) is 1. The maximum absolute atomic E-state index is 13.4. The van der Waals surface area contributed by atoms with Crippen LogP contribution in [0.3, 0.4) is 0 Å². The Morgan fingerprint density at radius 3 is 2.55 bits per heavy atom. The van der Waals surface area contributed by atoms with Gasteiger partial charge in [0.05, 0.1) is 0 Å². The van der Waals surface area contributed by atoms with Crippen LogP contribution >= 0.6 is 11.8 Å². The van der Waals surface area contributed by atoms with Crippen LogP contribution in [0.1, 0.15) is 10.9 Å². The number of hydrogen-bond donors (Lipinski definition) is 1. The minimum absolute atomic E-state index is 0.195. The standard InChI is InChI=1S/C22H18F2N2O2S/c23-19-10-9-16(14-20(19)24)25-22(27)26-11-12-29-21(26)15-5-4-8-18(13-15)28-17-6-2-1-3-7-17/h1-10,13-14,21H,11-12H2,(H,25,27)/t21-/m1/s1. The normalized spacial score (nSPS) is 15.9. The Labute approximate surface area is 171 Å². The van der Waals surface area contributed by atoms with Crippen LogP contribution in [0.15, 0.2) is 72.8 Å². The van der Waals surface area contributed by atoms with E-state index < -0.39 is 11.6 Å². The van der Waals surface area contributed by atoms with Gasteiger partial charge in [0.1, 0.15) is 16.9 Å². The van der Waals surface area contributed by atoms with E-state index in [-0.39, 0.29) is 17.1 Å². The third-order valence-electron chi connectivity index (χ3n) is 4.44. The van der Waals surface area contributed by atoms with Gasteiger partial charge in [-0.25, -0.2) is 13.6 Å². The van der Waals surface area contributed by atoms with Gasteiger partial charge >= 0.3 is 6.03 Å². The van der Waals surface area contributed by atoms with E-state index in [0.29, 0.717) is 12.3 Å². The number of amides is 2. The number of para-hydroxylation sites is 1. The van der Waals surface area contributed by atoms with Gasteiger partial charge in [-0.15, -0.1) is 11.8 Å². The second-order valence-electron chi connectivity index (χ2n) is 6.46. The molecule has 1 saturated heterocycles. The zero-order valence-corrected chi connectivity index (χ0v) is 16.2. The molecular formula is C22H18F2N2O2S. The van der Waals surface area contributed by atoms with Crippen LogP contribution in [0.5, 0.6) is 11.5 Å². The first-order valence-electron chi connectivity index (χ1n) is 9.07. The van der Waals surface area contributed by atoms with Crippen molar-refractivity contribution in [2.45, 2.75) is 5.37 Å². The molecule has 2 amide bonds. The van der Waals surface area contributed by atoms with Gasteiger partial charge in [0, 0.05) is 24.1 Å². The lowest BCUT2D eigenvalue weighted by atomic mass is 10.2. The van der Waals surface area contributed by atoms with Gasteiger partial charge in [-0.1, -0.05) is 30.3 Å². The van der Waals surface area contributed by atoms with Gasteiger partial charge < -0.3 is 15.0 Å². The number of urea groups is 1. The SMILES string of the molecule is O=C(Nc1ccc(F)c(F)c1)N1CCS[C@@H]1c1cccc(Oc2ccccc2)c1. The van der Waals surface area contributed by atoms with Crippen molar-refractivity contribution in [2.75, 3.05) is 17.6 Å². The zero-order chi connectivity index (χ0) is 20.2. The summed E-state index contributed by atoms with van der Waals surface area (Å²) in [6.45, 7) is 0.550. The number of halogens is 2. The summed E-state index contributed by atoms with van der Waals surface area (Å²) in [4.78, 5) is 14.4. The molecule has 148 valence electrons. The highest BCUT2D eigenvalue weighted by Gasteiger charge is 2.31. The van der Waals surface area contributed by atoms with E-state index in [2.05, 4.69) is 5.32 Å². The average molecular weight is 412 g/mol. The number of nitrogens with zero attached hydrogens (tertiary/aromatic N) is 1. The van der Waals surface area contributed by atoms with E-state index in [1.54, 1.807) is 16.7 Å². The molecule has 1 fully saturated rings. The average Bonchev–Trinajstić information content (AvgIpc) is 3.22. The summed E-state index contributed by atoms with van der Waals surface area (Å²) >= 11 is 1.64. The molecule has 1 N–H and O–H groups in total. The van der Waals surface area contributed by atoms with Gasteiger partial charge in [0.2, 0.25) is 0 Å². The molecule has 0 bridgehead atoms. The molecule has 4 rings (SSSR count). The first-order chi connectivity index (χ1) is 14.1. The van der Waals surface area contributed by atoms with Crippen LogP contribution in [0.4, 0.5) is 19.3 Å². The number of benzene rings is 3. The van der Waals surface area contributed by atoms with Crippen LogP contribution in [0, 0.1) is 11.6 Å². The Bertz CT molecular complexity index is 1020. The van der Waals surface area contributed by atoms with Crippen LogP contribution in [0.2, 0.25) is 0 Å². The first kappa shape index (κ1) is 19.3. The van der Waals surface area contributed by atoms with Gasteiger partial charge in [-0.05, 0) is 42.0 Å². The molecule has 1 aliphatic rings. The Morgan fingerprint density at radius 1 is 0.966 bits per heavy atom. The van der Waals surface area contributed by atoms with Gasteiger partial charge in [0.15, 0.2) is 11.6 Å². The lowest BCUT2D eigenvalue weighted by molar-refractivity contribution is 0.214. The summed E-state index contributed by atoms with van der Waals surface area (Å²) in [5, 5.41) is 2.45. The summed E-state index contributed by atoms with van der Waals surface area (Å²) in [5.74, 6) is 0.243. The van der Waals surface area contributed by atoms with Crippen molar-refractivity contribution in [2.24, 2.45) is 0 Å². The molecule has 4 nitrogen and oxygen atoms in total. The predicted octanol–water partition coefficient (Wildman–Crippen LogP) is 6.04. The summed E-state index contributed by atoms with van der Waals surface area (Å²) in [7, 11) is 0. The summed E-state index contributed by atoms with van der Waals surface area (Å²) < 4.78 is 32.4. The molecule has 1 atom stereocenters. The maximum atomic E-state index is 13.4. The minimum atomic E-state index is -0.999. The van der Waals surface area contributed by atoms with Crippen LogP contribution in [0.25, 0.3) is 0 Å². The number of carbonyl (C=O) groups excluding carboxylic acids is 1. The molecule has 3 aromatic rings. The van der Waals surface area contributed by atoms with Crippen molar-refractivity contribution in [3.05, 3.63) is 90.0 Å². The molecular weight excluding hydrogens is 394 g/mol. The number of carbonyl (C=O) groups is 1. The van der Waals surface area contributed by atoms with Crippen molar-refractivity contribution in [1.82, 2.24) is 4.90 Å². The third-order valence-corrected chi connectivity index (χ3v) is 5.71. The predicted molar refractivity (Wildman–Crippen MR) is 110 cm³/mol. The van der Waals surface area contributed by atoms with Gasteiger partial charge in [-0.2, -0.15) is 0 Å². The first-order valence-corrected chi connectivity index (χ1v) is 10.1. The number of ether oxygens (including phenoxy) is 1. The Morgan fingerprint density at radius 2 is 1.76 bits per heavy atom. The van der Waals surface area contributed by atoms with Crippen LogP contribution in [-0.2, 0) is 0 Å². The topological polar surface area (TPSA) is 41.6 Å². The highest BCUT2D eigenvalue weighted by atomic mass is 32.2.